The molecule has 7 heteroatoms. The molecule has 0 saturated heterocycles. The van der Waals surface area contributed by atoms with Crippen LogP contribution in [0.15, 0.2) is 30.3 Å². The Morgan fingerprint density at radius 2 is 1.64 bits per heavy atom. The van der Waals surface area contributed by atoms with Crippen LogP contribution in [0.25, 0.3) is 0 Å². The molecule has 0 unspecified atom stereocenters. The number of aliphatic hydroxyl groups excluding tert-OH is 1. The van der Waals surface area contributed by atoms with Crippen molar-refractivity contribution in [3.8, 4) is 11.8 Å². The molecule has 0 aliphatic heterocycles. The molecule has 0 fully saturated rings. The summed E-state index contributed by atoms with van der Waals surface area (Å²) in [6.07, 6.45) is 4.90. The van der Waals surface area contributed by atoms with Gasteiger partial charge in [-0.1, -0.05) is 30.0 Å². The molecule has 1 atom stereocenters. The van der Waals surface area contributed by atoms with E-state index in [1.807, 2.05) is 30.3 Å². The monoisotopic (exact) mass is 382 g/mol. The smallest absolute Gasteiger partial charge is 0 e. The van der Waals surface area contributed by atoms with E-state index in [1.165, 1.54) is 26.4 Å². The van der Waals surface area contributed by atoms with E-state index in [2.05, 4.69) is 36.5 Å². The third-order valence-electron chi connectivity index (χ3n) is 1.98. The van der Waals surface area contributed by atoms with E-state index < -0.39 is 12.1 Å². The predicted octanol–water partition coefficient (Wildman–Crippen LogP) is 1.27. The van der Waals surface area contributed by atoms with Crippen LogP contribution in [0.5, 0.6) is 0 Å². The number of benzene rings is 1. The molecule has 0 aliphatic rings. The number of hydrogen-bond acceptors (Lipinski definition) is 3. The number of rotatable bonds is 5. The fourth-order valence-electron chi connectivity index (χ4n) is 1.10. The number of carbonyl (C=O) groups excluding carboxylic acids is 1. The van der Waals surface area contributed by atoms with E-state index in [1.54, 1.807) is 6.42 Å². The maximum absolute atomic E-state index is 10.7. The normalized spacial score (nSPS) is 8.32. The van der Waals surface area contributed by atoms with Crippen molar-refractivity contribution in [1.29, 1.82) is 0 Å². The third-order valence-corrected chi connectivity index (χ3v) is 1.98. The second kappa shape index (κ2) is 26.8. The summed E-state index contributed by atoms with van der Waals surface area (Å²) >= 11 is 0. The van der Waals surface area contributed by atoms with Crippen molar-refractivity contribution < 1.29 is 45.7 Å². The van der Waals surface area contributed by atoms with Gasteiger partial charge in [0.2, 0.25) is 0 Å². The van der Waals surface area contributed by atoms with Crippen molar-refractivity contribution >= 4 is 5.97 Å². The fourth-order valence-corrected chi connectivity index (χ4v) is 1.10. The SMILES string of the molecule is COC(=O)[CH][CH][CH][CH][C@H](O)C#Cc1ccccc1.[C-]#[O+].[C-]#[O+].[C-]#[O+].[Fe]. The number of hydrogen-bond donors (Lipinski definition) is 1. The van der Waals surface area contributed by atoms with Crippen LogP contribution in [0.4, 0.5) is 0 Å². The number of esters is 1. The molecule has 1 aromatic rings. The number of unbranched alkanes of at least 4 members (excludes halogenated alkanes) is 1. The average Bonchev–Trinajstić information content (AvgIpc) is 2.69. The summed E-state index contributed by atoms with van der Waals surface area (Å²) in [5.74, 6) is 5.07. The molecule has 1 aromatic carbocycles. The van der Waals surface area contributed by atoms with Gasteiger partial charge in [-0.25, -0.2) is 0 Å². The maximum atomic E-state index is 10.7. The second-order valence-electron chi connectivity index (χ2n) is 3.35. The summed E-state index contributed by atoms with van der Waals surface area (Å²) in [5, 5.41) is 9.52. The van der Waals surface area contributed by atoms with Crippen molar-refractivity contribution in [2.24, 2.45) is 0 Å². The molecule has 25 heavy (non-hydrogen) atoms. The average molecular weight is 382 g/mol. The van der Waals surface area contributed by atoms with Gasteiger partial charge in [0.15, 0.2) is 0 Å². The van der Waals surface area contributed by atoms with Gasteiger partial charge in [-0.2, -0.15) is 0 Å². The molecule has 0 aliphatic carbocycles. The molecule has 4 radical (unpaired) electrons. The molecule has 1 rings (SSSR count). The van der Waals surface area contributed by atoms with Gasteiger partial charge in [0.05, 0.1) is 13.5 Å². The fraction of sp³-hybridized carbons (Fsp3) is 0.111. The summed E-state index contributed by atoms with van der Waals surface area (Å²) < 4.78 is 26.9. The molecule has 0 bridgehead atoms. The standard InChI is InChI=1S/C15H14O3.3CO.Fe/c1-18-15(17)10-6-5-9-14(16)12-11-13-7-3-2-4-8-13;3*1-2;/h2-10,14,16H,1H3;;;;/t14-;;;;/m0..../s1. The van der Waals surface area contributed by atoms with Crippen LogP contribution < -0.4 is 0 Å². The number of carbonyl (C=O) groups is 1. The molecular formula is C18H14FeO6. The Hall–Kier alpha value is -2.05. The summed E-state index contributed by atoms with van der Waals surface area (Å²) in [5.41, 5.74) is 0.843. The van der Waals surface area contributed by atoms with Gasteiger partial charge in [-0.15, -0.1) is 0 Å². The van der Waals surface area contributed by atoms with Gasteiger partial charge >= 0.3 is 39.9 Å². The van der Waals surface area contributed by atoms with E-state index in [0.29, 0.717) is 0 Å². The zero-order valence-corrected chi connectivity index (χ0v) is 14.2. The second-order valence-corrected chi connectivity index (χ2v) is 3.35. The molecule has 0 saturated carbocycles. The Bertz CT molecular complexity index is 525. The zero-order valence-electron chi connectivity index (χ0n) is 13.1. The van der Waals surface area contributed by atoms with Gasteiger partial charge in [0.1, 0.15) is 6.10 Å². The van der Waals surface area contributed by atoms with Crippen LogP contribution >= 0.6 is 0 Å². The molecule has 6 nitrogen and oxygen atoms in total. The number of aliphatic hydroxyl groups is 1. The largest absolute Gasteiger partial charge is 0 e. The minimum Gasteiger partial charge on any atom is 0 e. The Morgan fingerprint density at radius 1 is 1.12 bits per heavy atom. The molecule has 130 valence electrons. The summed E-state index contributed by atoms with van der Waals surface area (Å²) in [7, 11) is 1.30. The zero-order chi connectivity index (χ0) is 19.2. The molecule has 0 spiro atoms. The minimum atomic E-state index is -0.868. The molecular weight excluding hydrogens is 368 g/mol. The molecule has 0 amide bonds. The van der Waals surface area contributed by atoms with E-state index in [0.717, 1.165) is 5.56 Å². The number of ether oxygens (including phenoxy) is 1. The van der Waals surface area contributed by atoms with Gasteiger partial charge in [0.25, 0.3) is 0 Å². The maximum Gasteiger partial charge on any atom is 0 e. The first-order valence-corrected chi connectivity index (χ1v) is 6.01. The Labute approximate surface area is 158 Å². The van der Waals surface area contributed by atoms with Crippen LogP contribution in [0.1, 0.15) is 5.56 Å². The molecule has 1 N–H and O–H groups in total. The van der Waals surface area contributed by atoms with Crippen molar-refractivity contribution in [2.75, 3.05) is 7.11 Å². The molecule has 0 heterocycles. The predicted molar refractivity (Wildman–Crippen MR) is 80.3 cm³/mol. The van der Waals surface area contributed by atoms with E-state index >= 15 is 0 Å². The topological polar surface area (TPSA) is 106 Å². The van der Waals surface area contributed by atoms with Crippen molar-refractivity contribution in [3.63, 3.8) is 0 Å². The van der Waals surface area contributed by atoms with E-state index in [9.17, 15) is 9.90 Å². The van der Waals surface area contributed by atoms with E-state index in [-0.39, 0.29) is 17.1 Å². The van der Waals surface area contributed by atoms with Gasteiger partial charge in [-0.05, 0) is 25.0 Å². The van der Waals surface area contributed by atoms with Crippen LogP contribution in [0.3, 0.4) is 0 Å². The third kappa shape index (κ3) is 21.9. The Kier molecular flexibility index (Phi) is 33.0. The first kappa shape index (κ1) is 30.8. The van der Waals surface area contributed by atoms with Gasteiger partial charge in [-0.3, -0.25) is 4.79 Å². The Balaban J connectivity index is -0.000000284. The van der Waals surface area contributed by atoms with Gasteiger partial charge in [0, 0.05) is 29.1 Å². The van der Waals surface area contributed by atoms with Crippen LogP contribution in [-0.4, -0.2) is 24.3 Å². The minimum absolute atomic E-state index is 0. The number of methoxy groups -OCH3 is 1. The quantitative estimate of drug-likeness (QED) is 0.207. The Morgan fingerprint density at radius 3 is 2.12 bits per heavy atom. The van der Waals surface area contributed by atoms with Crippen molar-refractivity contribution in [2.45, 2.75) is 6.10 Å². The van der Waals surface area contributed by atoms with Crippen LogP contribution in [0.2, 0.25) is 0 Å². The summed E-state index contributed by atoms with van der Waals surface area (Å²) in [6, 6.07) is 9.39. The van der Waals surface area contributed by atoms with Crippen LogP contribution in [0, 0.1) is 57.5 Å². The first-order valence-electron chi connectivity index (χ1n) is 6.01. The van der Waals surface area contributed by atoms with Gasteiger partial charge < -0.3 is 9.84 Å². The van der Waals surface area contributed by atoms with Crippen molar-refractivity contribution in [1.82, 2.24) is 0 Å². The summed E-state index contributed by atoms with van der Waals surface area (Å²) in [6.45, 7) is 13.5. The van der Waals surface area contributed by atoms with E-state index in [4.69, 9.17) is 14.0 Å². The first-order chi connectivity index (χ1) is 11.7. The molecule has 0 aromatic heterocycles. The summed E-state index contributed by atoms with van der Waals surface area (Å²) in [4.78, 5) is 10.7. The van der Waals surface area contributed by atoms with Crippen molar-refractivity contribution in [3.05, 3.63) is 81.5 Å². The van der Waals surface area contributed by atoms with Crippen LogP contribution in [-0.2, 0) is 40.6 Å².